The van der Waals surface area contributed by atoms with Gasteiger partial charge in [0.05, 0.1) is 0 Å². The molecule has 1 nitrogen and oxygen atoms in total. The van der Waals surface area contributed by atoms with Crippen molar-refractivity contribution in [2.45, 2.75) is 59.8 Å². The molecule has 0 aromatic carbocycles. The number of allylic oxidation sites excluding steroid dienone is 6. The van der Waals surface area contributed by atoms with Gasteiger partial charge in [0.15, 0.2) is 0 Å². The first kappa shape index (κ1) is 15.8. The zero-order chi connectivity index (χ0) is 16.0. The third-order valence-corrected chi connectivity index (χ3v) is 7.19. The number of aldehydes is 1. The van der Waals surface area contributed by atoms with E-state index in [2.05, 4.69) is 45.9 Å². The molecule has 1 saturated carbocycles. The van der Waals surface area contributed by atoms with Crippen LogP contribution in [0, 0.1) is 28.6 Å². The molecular formula is C21H30O. The van der Waals surface area contributed by atoms with Crippen LogP contribution in [0.1, 0.15) is 59.8 Å². The summed E-state index contributed by atoms with van der Waals surface area (Å²) in [4.78, 5) is 11.1. The van der Waals surface area contributed by atoms with Gasteiger partial charge in [0.2, 0.25) is 0 Å². The van der Waals surface area contributed by atoms with Crippen LogP contribution in [0.4, 0.5) is 0 Å². The van der Waals surface area contributed by atoms with E-state index in [1.807, 2.05) is 0 Å². The van der Waals surface area contributed by atoms with Crippen molar-refractivity contribution in [3.8, 4) is 0 Å². The Morgan fingerprint density at radius 3 is 2.77 bits per heavy atom. The fourth-order valence-corrected chi connectivity index (χ4v) is 5.57. The molecule has 0 radical (unpaired) electrons. The molecule has 0 aliphatic heterocycles. The SMILES string of the molecule is CCCC1(C)C2=CCC3(C)C(C)CCC3C2C=C/C1=C/C=O. The highest BCUT2D eigenvalue weighted by Gasteiger charge is 2.52. The molecule has 5 unspecified atom stereocenters. The second-order valence-electron chi connectivity index (χ2n) is 8.18. The van der Waals surface area contributed by atoms with E-state index in [-0.39, 0.29) is 5.41 Å². The van der Waals surface area contributed by atoms with Crippen molar-refractivity contribution in [1.82, 2.24) is 0 Å². The van der Waals surface area contributed by atoms with Crippen LogP contribution in [0.25, 0.3) is 0 Å². The van der Waals surface area contributed by atoms with Crippen molar-refractivity contribution in [3.05, 3.63) is 35.5 Å². The summed E-state index contributed by atoms with van der Waals surface area (Å²) in [6.07, 6.45) is 16.2. The Bertz CT molecular complexity index is 552. The normalized spacial score (nSPS) is 45.4. The quantitative estimate of drug-likeness (QED) is 0.383. The van der Waals surface area contributed by atoms with E-state index in [0.29, 0.717) is 11.3 Å². The first-order chi connectivity index (χ1) is 10.5. The van der Waals surface area contributed by atoms with E-state index >= 15 is 0 Å². The molecule has 5 atom stereocenters. The van der Waals surface area contributed by atoms with Crippen LogP contribution in [-0.2, 0) is 4.79 Å². The van der Waals surface area contributed by atoms with Gasteiger partial charge in [-0.2, -0.15) is 0 Å². The summed E-state index contributed by atoms with van der Waals surface area (Å²) in [7, 11) is 0. The summed E-state index contributed by atoms with van der Waals surface area (Å²) in [5.41, 5.74) is 3.34. The predicted octanol–water partition coefficient (Wildman–Crippen LogP) is 5.49. The monoisotopic (exact) mass is 298 g/mol. The molecule has 0 bridgehead atoms. The summed E-state index contributed by atoms with van der Waals surface area (Å²) in [6.45, 7) is 9.55. The lowest BCUT2D eigenvalue weighted by Crippen LogP contribution is -2.41. The largest absolute Gasteiger partial charge is 0.299 e. The average Bonchev–Trinajstić information content (AvgIpc) is 2.79. The lowest BCUT2D eigenvalue weighted by Gasteiger charge is -2.50. The minimum absolute atomic E-state index is 0.0578. The van der Waals surface area contributed by atoms with Crippen LogP contribution in [0.5, 0.6) is 0 Å². The maximum Gasteiger partial charge on any atom is 0.143 e. The lowest BCUT2D eigenvalue weighted by molar-refractivity contribution is -0.104. The van der Waals surface area contributed by atoms with Crippen LogP contribution >= 0.6 is 0 Å². The van der Waals surface area contributed by atoms with Gasteiger partial charge in [-0.1, -0.05) is 57.9 Å². The van der Waals surface area contributed by atoms with Crippen molar-refractivity contribution in [1.29, 1.82) is 0 Å². The van der Waals surface area contributed by atoms with Crippen LogP contribution in [0.15, 0.2) is 35.5 Å². The Kier molecular flexibility index (Phi) is 3.95. The van der Waals surface area contributed by atoms with Crippen LogP contribution in [-0.4, -0.2) is 6.29 Å². The molecule has 0 heterocycles. The highest BCUT2D eigenvalue weighted by atomic mass is 16.1. The highest BCUT2D eigenvalue weighted by molar-refractivity contribution is 5.69. The fraction of sp³-hybridized carbons (Fsp3) is 0.667. The van der Waals surface area contributed by atoms with Gasteiger partial charge in [-0.15, -0.1) is 0 Å². The van der Waals surface area contributed by atoms with E-state index in [1.54, 1.807) is 11.6 Å². The van der Waals surface area contributed by atoms with Crippen LogP contribution < -0.4 is 0 Å². The predicted molar refractivity (Wildman–Crippen MR) is 92.5 cm³/mol. The molecule has 0 N–H and O–H groups in total. The second kappa shape index (κ2) is 5.51. The fourth-order valence-electron chi connectivity index (χ4n) is 5.57. The van der Waals surface area contributed by atoms with Crippen LogP contribution in [0.2, 0.25) is 0 Å². The Morgan fingerprint density at radius 1 is 1.32 bits per heavy atom. The number of hydrogen-bond donors (Lipinski definition) is 0. The molecular weight excluding hydrogens is 268 g/mol. The smallest absolute Gasteiger partial charge is 0.143 e. The molecule has 3 rings (SSSR count). The number of hydrogen-bond acceptors (Lipinski definition) is 1. The van der Waals surface area contributed by atoms with Gasteiger partial charge in [0, 0.05) is 11.3 Å². The third kappa shape index (κ3) is 2.08. The third-order valence-electron chi connectivity index (χ3n) is 7.19. The standard InChI is InChI=1S/C21H30O/c1-5-12-21(4)16(11-14-22)7-8-17-18-9-6-15(2)20(18,3)13-10-19(17)21/h7-8,10-11,14-15,17-18H,5-6,9,12-13H2,1-4H3/b16-11-. The molecule has 22 heavy (non-hydrogen) atoms. The minimum Gasteiger partial charge on any atom is -0.299 e. The summed E-state index contributed by atoms with van der Waals surface area (Å²) < 4.78 is 0. The number of carbonyl (C=O) groups excluding carboxylic acids is 1. The number of rotatable bonds is 3. The summed E-state index contributed by atoms with van der Waals surface area (Å²) in [5, 5.41) is 0. The molecule has 3 aliphatic rings. The van der Waals surface area contributed by atoms with Gasteiger partial charge >= 0.3 is 0 Å². The Labute approximate surface area is 135 Å². The van der Waals surface area contributed by atoms with Gasteiger partial charge in [0.1, 0.15) is 6.29 Å². The van der Waals surface area contributed by atoms with E-state index in [0.717, 1.165) is 31.0 Å². The van der Waals surface area contributed by atoms with Gasteiger partial charge in [-0.3, -0.25) is 4.79 Å². The maximum atomic E-state index is 11.1. The molecule has 0 aromatic heterocycles. The van der Waals surface area contributed by atoms with Gasteiger partial charge < -0.3 is 0 Å². The molecule has 1 heteroatoms. The van der Waals surface area contributed by atoms with E-state index < -0.39 is 0 Å². The summed E-state index contributed by atoms with van der Waals surface area (Å²) >= 11 is 0. The molecule has 0 amide bonds. The zero-order valence-corrected chi connectivity index (χ0v) is 14.6. The first-order valence-electron chi connectivity index (χ1n) is 9.02. The number of carbonyl (C=O) groups is 1. The van der Waals surface area contributed by atoms with E-state index in [9.17, 15) is 4.79 Å². The molecule has 0 spiro atoms. The van der Waals surface area contributed by atoms with Gasteiger partial charge in [0.25, 0.3) is 0 Å². The first-order valence-corrected chi connectivity index (χ1v) is 9.02. The summed E-state index contributed by atoms with van der Waals surface area (Å²) in [6, 6.07) is 0. The van der Waals surface area contributed by atoms with E-state index in [1.165, 1.54) is 24.8 Å². The molecule has 120 valence electrons. The average molecular weight is 298 g/mol. The van der Waals surface area contributed by atoms with Crippen LogP contribution in [0.3, 0.4) is 0 Å². The maximum absolute atomic E-state index is 11.1. The molecule has 1 fully saturated rings. The van der Waals surface area contributed by atoms with Crippen molar-refractivity contribution >= 4 is 6.29 Å². The van der Waals surface area contributed by atoms with Crippen molar-refractivity contribution in [3.63, 3.8) is 0 Å². The Morgan fingerprint density at radius 2 is 2.09 bits per heavy atom. The van der Waals surface area contributed by atoms with Crippen molar-refractivity contribution < 1.29 is 4.79 Å². The molecule has 0 saturated heterocycles. The minimum atomic E-state index is 0.0578. The Hall–Kier alpha value is -1.11. The lowest BCUT2D eigenvalue weighted by atomic mass is 9.54. The van der Waals surface area contributed by atoms with E-state index in [4.69, 9.17) is 0 Å². The second-order valence-corrected chi connectivity index (χ2v) is 8.18. The highest BCUT2D eigenvalue weighted by Crippen LogP contribution is 2.62. The summed E-state index contributed by atoms with van der Waals surface area (Å²) in [5.74, 6) is 2.20. The van der Waals surface area contributed by atoms with Crippen molar-refractivity contribution in [2.24, 2.45) is 28.6 Å². The topological polar surface area (TPSA) is 17.1 Å². The molecule has 0 aromatic rings. The van der Waals surface area contributed by atoms with Gasteiger partial charge in [-0.25, -0.2) is 0 Å². The molecule has 3 aliphatic carbocycles. The zero-order valence-electron chi connectivity index (χ0n) is 14.6. The van der Waals surface area contributed by atoms with Crippen molar-refractivity contribution in [2.75, 3.05) is 0 Å². The van der Waals surface area contributed by atoms with Gasteiger partial charge in [-0.05, 0) is 54.6 Å². The Balaban J connectivity index is 2.07. The number of fused-ring (bicyclic) bond motifs is 3.